The first kappa shape index (κ1) is 26.4. The van der Waals surface area contributed by atoms with Gasteiger partial charge in [-0.05, 0) is 54.8 Å². The highest BCUT2D eigenvalue weighted by atomic mass is 16.5. The van der Waals surface area contributed by atoms with Crippen molar-refractivity contribution >= 4 is 28.4 Å². The standard InChI is InChI=1S/C29H30N4O5/c1-38-23-16-14-21(15-17-23)19-30-27(35)20-33-25-12-6-5-11-24(25)28(36)32(29(33)37)18-8-7-13-26(34)31-22-9-3-2-4-10-22/h2-6,9-12,14-17H,7-8,13,18-20H2,1H3,(H,30,35)(H,31,34). The molecule has 38 heavy (non-hydrogen) atoms. The molecule has 0 aliphatic heterocycles. The van der Waals surface area contributed by atoms with Crippen LogP contribution in [0, 0.1) is 0 Å². The molecule has 1 aromatic heterocycles. The Hall–Kier alpha value is -4.66. The quantitative estimate of drug-likeness (QED) is 0.299. The minimum atomic E-state index is -0.554. The first-order valence-electron chi connectivity index (χ1n) is 12.4. The minimum Gasteiger partial charge on any atom is -0.497 e. The Kier molecular flexibility index (Phi) is 8.71. The van der Waals surface area contributed by atoms with E-state index in [0.29, 0.717) is 30.3 Å². The number of para-hydroxylation sites is 2. The largest absolute Gasteiger partial charge is 0.497 e. The van der Waals surface area contributed by atoms with Gasteiger partial charge in [-0.15, -0.1) is 0 Å². The molecule has 4 aromatic rings. The molecule has 0 aliphatic rings. The normalized spacial score (nSPS) is 10.8. The van der Waals surface area contributed by atoms with E-state index in [4.69, 9.17) is 4.74 Å². The second-order valence-corrected chi connectivity index (χ2v) is 8.84. The lowest BCUT2D eigenvalue weighted by Crippen LogP contribution is -2.42. The summed E-state index contributed by atoms with van der Waals surface area (Å²) in [5.74, 6) is 0.237. The van der Waals surface area contributed by atoms with Crippen LogP contribution in [0.3, 0.4) is 0 Å². The van der Waals surface area contributed by atoms with Crippen LogP contribution in [0.15, 0.2) is 88.5 Å². The van der Waals surface area contributed by atoms with Crippen molar-refractivity contribution in [3.8, 4) is 5.75 Å². The number of rotatable bonds is 11. The number of carbonyl (C=O) groups is 2. The zero-order valence-corrected chi connectivity index (χ0v) is 21.2. The summed E-state index contributed by atoms with van der Waals surface area (Å²) in [6.45, 7) is 0.212. The summed E-state index contributed by atoms with van der Waals surface area (Å²) >= 11 is 0. The topological polar surface area (TPSA) is 111 Å². The number of methoxy groups -OCH3 is 1. The monoisotopic (exact) mass is 514 g/mol. The van der Waals surface area contributed by atoms with Gasteiger partial charge in [-0.1, -0.05) is 42.5 Å². The third kappa shape index (κ3) is 6.56. The number of hydrogen-bond acceptors (Lipinski definition) is 5. The van der Waals surface area contributed by atoms with Crippen molar-refractivity contribution in [3.63, 3.8) is 0 Å². The molecule has 0 unspecified atom stereocenters. The van der Waals surface area contributed by atoms with E-state index >= 15 is 0 Å². The zero-order valence-electron chi connectivity index (χ0n) is 21.2. The van der Waals surface area contributed by atoms with Gasteiger partial charge in [-0.3, -0.25) is 23.5 Å². The molecule has 0 spiro atoms. The maximum Gasteiger partial charge on any atom is 0.331 e. The number of anilines is 1. The molecule has 9 nitrogen and oxygen atoms in total. The molecule has 1 heterocycles. The summed E-state index contributed by atoms with van der Waals surface area (Å²) < 4.78 is 7.62. The van der Waals surface area contributed by atoms with Crippen molar-refractivity contribution in [1.29, 1.82) is 0 Å². The molecular formula is C29H30N4O5. The number of ether oxygens (including phenoxy) is 1. The molecule has 0 radical (unpaired) electrons. The Balaban J connectivity index is 1.43. The molecule has 0 bridgehead atoms. The Morgan fingerprint density at radius 2 is 1.53 bits per heavy atom. The van der Waals surface area contributed by atoms with Crippen LogP contribution in [0.4, 0.5) is 5.69 Å². The molecule has 2 N–H and O–H groups in total. The highest BCUT2D eigenvalue weighted by Crippen LogP contribution is 2.12. The highest BCUT2D eigenvalue weighted by Gasteiger charge is 2.15. The number of nitrogens with one attached hydrogen (secondary N) is 2. The van der Waals surface area contributed by atoms with Crippen molar-refractivity contribution in [3.05, 3.63) is 105 Å². The third-order valence-electron chi connectivity index (χ3n) is 6.18. The van der Waals surface area contributed by atoms with Crippen LogP contribution in [0.25, 0.3) is 10.9 Å². The van der Waals surface area contributed by atoms with Gasteiger partial charge in [-0.25, -0.2) is 4.79 Å². The molecule has 9 heteroatoms. The van der Waals surface area contributed by atoms with Gasteiger partial charge in [0.25, 0.3) is 5.56 Å². The Bertz CT molecular complexity index is 1530. The van der Waals surface area contributed by atoms with Gasteiger partial charge in [0.05, 0.1) is 18.0 Å². The summed E-state index contributed by atoms with van der Waals surface area (Å²) in [5.41, 5.74) is 1.05. The number of aromatic nitrogens is 2. The molecule has 0 saturated carbocycles. The van der Waals surface area contributed by atoms with Crippen molar-refractivity contribution in [2.75, 3.05) is 12.4 Å². The fourth-order valence-corrected chi connectivity index (χ4v) is 4.16. The van der Waals surface area contributed by atoms with Gasteiger partial charge in [0.15, 0.2) is 0 Å². The summed E-state index contributed by atoms with van der Waals surface area (Å²) in [6, 6.07) is 23.2. The highest BCUT2D eigenvalue weighted by molar-refractivity contribution is 5.90. The first-order valence-corrected chi connectivity index (χ1v) is 12.4. The van der Waals surface area contributed by atoms with E-state index in [1.54, 1.807) is 43.5 Å². The maximum absolute atomic E-state index is 13.3. The second kappa shape index (κ2) is 12.5. The summed E-state index contributed by atoms with van der Waals surface area (Å²) in [7, 11) is 1.58. The molecule has 0 aliphatic carbocycles. The van der Waals surface area contributed by atoms with E-state index in [9.17, 15) is 19.2 Å². The van der Waals surface area contributed by atoms with Crippen LogP contribution in [0.2, 0.25) is 0 Å². The Labute approximate surface area is 219 Å². The van der Waals surface area contributed by atoms with Crippen LogP contribution >= 0.6 is 0 Å². The molecule has 0 atom stereocenters. The average molecular weight is 515 g/mol. The van der Waals surface area contributed by atoms with Crippen LogP contribution in [0.1, 0.15) is 24.8 Å². The maximum atomic E-state index is 13.3. The van der Waals surface area contributed by atoms with Crippen LogP contribution in [-0.4, -0.2) is 28.1 Å². The van der Waals surface area contributed by atoms with Gasteiger partial charge >= 0.3 is 5.69 Å². The molecule has 0 fully saturated rings. The Morgan fingerprint density at radius 1 is 0.816 bits per heavy atom. The van der Waals surface area contributed by atoms with Gasteiger partial charge in [0, 0.05) is 25.2 Å². The average Bonchev–Trinajstić information content (AvgIpc) is 2.94. The van der Waals surface area contributed by atoms with E-state index in [0.717, 1.165) is 21.6 Å². The summed E-state index contributed by atoms with van der Waals surface area (Å²) in [6.07, 6.45) is 1.22. The van der Waals surface area contributed by atoms with Crippen LogP contribution in [0.5, 0.6) is 5.75 Å². The molecule has 4 rings (SSSR count). The fourth-order valence-electron chi connectivity index (χ4n) is 4.16. The molecular weight excluding hydrogens is 484 g/mol. The number of amides is 2. The van der Waals surface area contributed by atoms with Gasteiger partial charge in [-0.2, -0.15) is 0 Å². The lowest BCUT2D eigenvalue weighted by molar-refractivity contribution is -0.122. The summed E-state index contributed by atoms with van der Waals surface area (Å²) in [4.78, 5) is 51.4. The van der Waals surface area contributed by atoms with E-state index in [1.807, 2.05) is 42.5 Å². The zero-order chi connectivity index (χ0) is 26.9. The van der Waals surface area contributed by atoms with Gasteiger partial charge < -0.3 is 15.4 Å². The number of unbranched alkanes of at least 4 members (excludes halogenated alkanes) is 1. The van der Waals surface area contributed by atoms with E-state index < -0.39 is 11.2 Å². The van der Waals surface area contributed by atoms with Gasteiger partial charge in [0.2, 0.25) is 11.8 Å². The lowest BCUT2D eigenvalue weighted by atomic mass is 10.2. The molecule has 0 saturated heterocycles. The first-order chi connectivity index (χ1) is 18.5. The minimum absolute atomic E-state index is 0.131. The summed E-state index contributed by atoms with van der Waals surface area (Å²) in [5, 5.41) is 6.01. The second-order valence-electron chi connectivity index (χ2n) is 8.84. The van der Waals surface area contributed by atoms with E-state index in [1.165, 1.54) is 4.57 Å². The third-order valence-corrected chi connectivity index (χ3v) is 6.18. The number of fused-ring (bicyclic) bond motifs is 1. The van der Waals surface area contributed by atoms with Crippen molar-refractivity contribution < 1.29 is 14.3 Å². The molecule has 196 valence electrons. The van der Waals surface area contributed by atoms with Crippen molar-refractivity contribution in [1.82, 2.24) is 14.5 Å². The van der Waals surface area contributed by atoms with Crippen molar-refractivity contribution in [2.24, 2.45) is 0 Å². The molecule has 2 amide bonds. The Morgan fingerprint density at radius 3 is 2.26 bits per heavy atom. The SMILES string of the molecule is COc1ccc(CNC(=O)Cn2c(=O)n(CCCCC(=O)Nc3ccccc3)c(=O)c3ccccc32)cc1. The number of benzene rings is 3. The van der Waals surface area contributed by atoms with E-state index in [2.05, 4.69) is 10.6 Å². The fraction of sp³-hybridized carbons (Fsp3) is 0.241. The van der Waals surface area contributed by atoms with Gasteiger partial charge in [0.1, 0.15) is 12.3 Å². The number of hydrogen-bond donors (Lipinski definition) is 2. The van der Waals surface area contributed by atoms with E-state index in [-0.39, 0.29) is 31.3 Å². The lowest BCUT2D eigenvalue weighted by Gasteiger charge is -2.14. The van der Waals surface area contributed by atoms with Crippen LogP contribution < -0.4 is 26.6 Å². The predicted molar refractivity (Wildman–Crippen MR) is 146 cm³/mol. The number of nitrogens with zero attached hydrogens (tertiary/aromatic N) is 2. The van der Waals surface area contributed by atoms with Crippen LogP contribution in [-0.2, 0) is 29.2 Å². The smallest absolute Gasteiger partial charge is 0.331 e. The van der Waals surface area contributed by atoms with Crippen molar-refractivity contribution in [2.45, 2.75) is 38.9 Å². The molecule has 3 aromatic carbocycles. The number of carbonyl (C=O) groups excluding carboxylic acids is 2. The predicted octanol–water partition coefficient (Wildman–Crippen LogP) is 3.30.